The van der Waals surface area contributed by atoms with Crippen LogP contribution in [0.4, 0.5) is 17.3 Å². The van der Waals surface area contributed by atoms with Crippen LogP contribution in [0.2, 0.25) is 4.34 Å². The number of aromatic nitrogens is 3. The van der Waals surface area contributed by atoms with E-state index in [4.69, 9.17) is 11.6 Å². The van der Waals surface area contributed by atoms with Gasteiger partial charge in [-0.15, -0.1) is 21.5 Å². The summed E-state index contributed by atoms with van der Waals surface area (Å²) in [5.74, 6) is 1.14. The number of hydrogen-bond acceptors (Lipinski definition) is 8. The van der Waals surface area contributed by atoms with Crippen molar-refractivity contribution in [2.24, 2.45) is 0 Å². The summed E-state index contributed by atoms with van der Waals surface area (Å²) in [6.45, 7) is 0.570. The molecule has 3 rings (SSSR count). The summed E-state index contributed by atoms with van der Waals surface area (Å²) in [7, 11) is -3.54. The maximum absolute atomic E-state index is 12.0. The van der Waals surface area contributed by atoms with E-state index in [2.05, 4.69) is 30.5 Å². The number of sulfonamides is 1. The number of anilines is 3. The zero-order chi connectivity index (χ0) is 18.4. The second-order valence-electron chi connectivity index (χ2n) is 5.05. The molecule has 0 unspecified atom stereocenters. The maximum Gasteiger partial charge on any atom is 0.250 e. The molecule has 3 N–H and O–H groups in total. The fourth-order valence-corrected chi connectivity index (χ4v) is 4.52. The highest BCUT2D eigenvalue weighted by molar-refractivity contribution is 7.91. The average molecular weight is 411 g/mol. The summed E-state index contributed by atoms with van der Waals surface area (Å²) in [5.41, 5.74) is 0.859. The van der Waals surface area contributed by atoms with Crippen LogP contribution in [0.5, 0.6) is 0 Å². The average Bonchev–Trinajstić information content (AvgIpc) is 3.08. The number of thiophene rings is 1. The highest BCUT2D eigenvalue weighted by Gasteiger charge is 2.15. The third kappa shape index (κ3) is 5.11. The van der Waals surface area contributed by atoms with E-state index in [-0.39, 0.29) is 10.8 Å². The van der Waals surface area contributed by atoms with E-state index < -0.39 is 10.0 Å². The van der Waals surface area contributed by atoms with E-state index in [0.717, 1.165) is 17.0 Å². The van der Waals surface area contributed by atoms with Gasteiger partial charge in [-0.3, -0.25) is 4.98 Å². The quantitative estimate of drug-likeness (QED) is 0.490. The zero-order valence-electron chi connectivity index (χ0n) is 13.4. The molecule has 26 heavy (non-hydrogen) atoms. The molecule has 136 valence electrons. The van der Waals surface area contributed by atoms with Gasteiger partial charge >= 0.3 is 0 Å². The molecule has 11 heteroatoms. The molecule has 3 heterocycles. The molecule has 0 atom stereocenters. The first-order valence-electron chi connectivity index (χ1n) is 7.52. The lowest BCUT2D eigenvalue weighted by atomic mass is 10.4. The van der Waals surface area contributed by atoms with Gasteiger partial charge in [-0.2, -0.15) is 0 Å². The predicted molar refractivity (Wildman–Crippen MR) is 103 cm³/mol. The van der Waals surface area contributed by atoms with E-state index in [1.807, 2.05) is 12.1 Å². The molecule has 0 saturated heterocycles. The standard InChI is InChI=1S/C15H15ClN6O2S2/c16-12-1-4-15(25-12)26(23,24)19-10-9-18-13-2-3-14(22-21-13)20-11-5-7-17-8-6-11/h1-8,19H,9-10H2,(H,18,21)(H,17,20,22). The molecular formula is C15H15ClN6O2S2. The summed E-state index contributed by atoms with van der Waals surface area (Å²) in [6.07, 6.45) is 3.35. The van der Waals surface area contributed by atoms with Crippen LogP contribution < -0.4 is 15.4 Å². The Morgan fingerprint density at radius 1 is 0.962 bits per heavy atom. The van der Waals surface area contributed by atoms with Gasteiger partial charge in [-0.05, 0) is 36.4 Å². The van der Waals surface area contributed by atoms with Crippen LogP contribution in [-0.4, -0.2) is 36.7 Å². The molecule has 0 saturated carbocycles. The van der Waals surface area contributed by atoms with Crippen molar-refractivity contribution in [3.63, 3.8) is 0 Å². The summed E-state index contributed by atoms with van der Waals surface area (Å²) in [4.78, 5) is 3.94. The second kappa shape index (κ2) is 8.41. The van der Waals surface area contributed by atoms with E-state index in [9.17, 15) is 8.42 Å². The number of nitrogens with one attached hydrogen (secondary N) is 3. The predicted octanol–water partition coefficient (Wildman–Crippen LogP) is 2.72. The lowest BCUT2D eigenvalue weighted by Gasteiger charge is -2.08. The number of halogens is 1. The van der Waals surface area contributed by atoms with Gasteiger partial charge in [0.2, 0.25) is 10.0 Å². The Morgan fingerprint density at radius 3 is 2.35 bits per heavy atom. The van der Waals surface area contributed by atoms with Crippen LogP contribution in [0.3, 0.4) is 0 Å². The van der Waals surface area contributed by atoms with Crippen molar-refractivity contribution in [3.8, 4) is 0 Å². The van der Waals surface area contributed by atoms with Gasteiger partial charge < -0.3 is 10.6 Å². The van der Waals surface area contributed by atoms with E-state index >= 15 is 0 Å². The van der Waals surface area contributed by atoms with Crippen LogP contribution in [0, 0.1) is 0 Å². The smallest absolute Gasteiger partial charge is 0.250 e. The molecule has 0 radical (unpaired) electrons. The molecule has 0 spiro atoms. The Labute approximate surface area is 159 Å². The van der Waals surface area contributed by atoms with Crippen LogP contribution in [0.15, 0.2) is 53.0 Å². The van der Waals surface area contributed by atoms with Crippen molar-refractivity contribution in [3.05, 3.63) is 53.1 Å². The van der Waals surface area contributed by atoms with Gasteiger partial charge in [0.25, 0.3) is 0 Å². The third-order valence-corrected chi connectivity index (χ3v) is 6.34. The van der Waals surface area contributed by atoms with Crippen molar-refractivity contribution in [2.75, 3.05) is 23.7 Å². The Bertz CT molecular complexity index is 948. The normalized spacial score (nSPS) is 11.3. The summed E-state index contributed by atoms with van der Waals surface area (Å²) >= 11 is 6.77. The third-order valence-electron chi connectivity index (χ3n) is 3.15. The Hall–Kier alpha value is -2.27. The summed E-state index contributed by atoms with van der Waals surface area (Å²) in [6, 6.07) is 10.2. The van der Waals surface area contributed by atoms with Crippen LogP contribution in [-0.2, 0) is 10.0 Å². The molecule has 0 aliphatic carbocycles. The molecule has 0 amide bonds. The zero-order valence-corrected chi connectivity index (χ0v) is 15.8. The lowest BCUT2D eigenvalue weighted by molar-refractivity contribution is 0.585. The highest BCUT2D eigenvalue weighted by atomic mass is 35.5. The topological polar surface area (TPSA) is 109 Å². The minimum absolute atomic E-state index is 0.189. The Balaban J connectivity index is 1.46. The monoisotopic (exact) mass is 410 g/mol. The molecule has 0 aromatic carbocycles. The van der Waals surface area contributed by atoms with Crippen molar-refractivity contribution in [1.29, 1.82) is 0 Å². The van der Waals surface area contributed by atoms with Gasteiger partial charge in [-0.1, -0.05) is 11.6 Å². The molecule has 8 nitrogen and oxygen atoms in total. The van der Waals surface area contributed by atoms with Crippen molar-refractivity contribution >= 4 is 50.3 Å². The number of nitrogens with zero attached hydrogens (tertiary/aromatic N) is 3. The molecule has 0 aliphatic heterocycles. The fourth-order valence-electron chi connectivity index (χ4n) is 1.97. The van der Waals surface area contributed by atoms with E-state index in [1.165, 1.54) is 6.07 Å². The van der Waals surface area contributed by atoms with Crippen LogP contribution in [0.1, 0.15) is 0 Å². The highest BCUT2D eigenvalue weighted by Crippen LogP contribution is 2.25. The molecule has 0 fully saturated rings. The minimum Gasteiger partial charge on any atom is -0.367 e. The first-order valence-corrected chi connectivity index (χ1v) is 10.2. The number of pyridine rings is 1. The SMILES string of the molecule is O=S(=O)(NCCNc1ccc(Nc2ccncc2)nn1)c1ccc(Cl)s1. The molecule has 3 aromatic heterocycles. The number of rotatable bonds is 8. The van der Waals surface area contributed by atoms with Crippen molar-refractivity contribution < 1.29 is 8.42 Å². The van der Waals surface area contributed by atoms with Crippen molar-refractivity contribution in [2.45, 2.75) is 4.21 Å². The number of hydrogen-bond donors (Lipinski definition) is 3. The van der Waals surface area contributed by atoms with Gasteiger partial charge in [0.1, 0.15) is 10.0 Å². The Morgan fingerprint density at radius 2 is 1.69 bits per heavy atom. The first-order chi connectivity index (χ1) is 12.5. The largest absolute Gasteiger partial charge is 0.367 e. The molecular weight excluding hydrogens is 396 g/mol. The lowest BCUT2D eigenvalue weighted by Crippen LogP contribution is -2.28. The van der Waals surface area contributed by atoms with E-state index in [0.29, 0.717) is 22.5 Å². The van der Waals surface area contributed by atoms with E-state index in [1.54, 1.807) is 30.6 Å². The van der Waals surface area contributed by atoms with Crippen LogP contribution >= 0.6 is 22.9 Å². The van der Waals surface area contributed by atoms with Gasteiger partial charge in [0.15, 0.2) is 5.82 Å². The summed E-state index contributed by atoms with van der Waals surface area (Å²) < 4.78 is 27.2. The molecule has 0 aliphatic rings. The van der Waals surface area contributed by atoms with Crippen molar-refractivity contribution in [1.82, 2.24) is 19.9 Å². The van der Waals surface area contributed by atoms with Gasteiger partial charge in [0, 0.05) is 31.2 Å². The molecule has 0 bridgehead atoms. The fraction of sp³-hybridized carbons (Fsp3) is 0.133. The van der Waals surface area contributed by atoms with Gasteiger partial charge in [0.05, 0.1) is 4.34 Å². The van der Waals surface area contributed by atoms with Crippen LogP contribution in [0.25, 0.3) is 0 Å². The Kier molecular flexibility index (Phi) is 5.99. The minimum atomic E-state index is -3.54. The first kappa shape index (κ1) is 18.5. The summed E-state index contributed by atoms with van der Waals surface area (Å²) in [5, 5.41) is 14.2. The molecule has 3 aromatic rings. The maximum atomic E-state index is 12.0. The second-order valence-corrected chi connectivity index (χ2v) is 8.76. The van der Waals surface area contributed by atoms with Gasteiger partial charge in [-0.25, -0.2) is 13.1 Å².